The molecule has 180 valence electrons. The second-order valence-electron chi connectivity index (χ2n) is 7.51. The SMILES string of the molecule is Cc1cccc(Oc2c(C(F)(F)F)oc3cc(OCC(=O)Nc4cccc(Cl)c4)ccc3c2=O)c1. The van der Waals surface area contributed by atoms with Crippen molar-refractivity contribution in [2.75, 3.05) is 11.9 Å². The third kappa shape index (κ3) is 5.75. The fraction of sp³-hybridized carbons (Fsp3) is 0.120. The second kappa shape index (κ2) is 9.71. The summed E-state index contributed by atoms with van der Waals surface area (Å²) in [5, 5.41) is 2.86. The van der Waals surface area contributed by atoms with Crippen LogP contribution in [0.4, 0.5) is 18.9 Å². The zero-order chi connectivity index (χ0) is 25.2. The smallest absolute Gasteiger partial charge is 0.453 e. The van der Waals surface area contributed by atoms with Gasteiger partial charge >= 0.3 is 6.18 Å². The van der Waals surface area contributed by atoms with Gasteiger partial charge in [-0.25, -0.2) is 0 Å². The summed E-state index contributed by atoms with van der Waals surface area (Å²) in [4.78, 5) is 25.0. The topological polar surface area (TPSA) is 77.8 Å². The molecule has 0 radical (unpaired) electrons. The highest BCUT2D eigenvalue weighted by Crippen LogP contribution is 2.38. The minimum Gasteiger partial charge on any atom is -0.484 e. The predicted octanol–water partition coefficient (Wildman–Crippen LogP) is 6.58. The molecule has 0 atom stereocenters. The van der Waals surface area contributed by atoms with Crippen LogP contribution in [0.25, 0.3) is 11.0 Å². The summed E-state index contributed by atoms with van der Waals surface area (Å²) in [7, 11) is 0. The van der Waals surface area contributed by atoms with Gasteiger partial charge in [0.1, 0.15) is 17.1 Å². The van der Waals surface area contributed by atoms with Crippen molar-refractivity contribution in [3.63, 3.8) is 0 Å². The Morgan fingerprint density at radius 2 is 1.80 bits per heavy atom. The van der Waals surface area contributed by atoms with Crippen LogP contribution in [0.15, 0.2) is 75.9 Å². The molecule has 0 aliphatic heterocycles. The Hall–Kier alpha value is -3.98. The van der Waals surface area contributed by atoms with Gasteiger partial charge in [0.05, 0.1) is 5.39 Å². The highest BCUT2D eigenvalue weighted by molar-refractivity contribution is 6.30. The molecule has 10 heteroatoms. The second-order valence-corrected chi connectivity index (χ2v) is 7.95. The number of aryl methyl sites for hydroxylation is 1. The van der Waals surface area contributed by atoms with Crippen LogP contribution in [0.3, 0.4) is 0 Å². The minimum atomic E-state index is -5.00. The number of benzene rings is 3. The first-order valence-electron chi connectivity index (χ1n) is 10.2. The van der Waals surface area contributed by atoms with E-state index in [0.29, 0.717) is 10.7 Å². The standard InChI is InChI=1S/C25H17ClF3NO5/c1-14-4-2-7-18(10-14)34-23-22(32)19-9-8-17(12-20(19)35-24(23)25(27,28)29)33-13-21(31)30-16-6-3-5-15(26)11-16/h2-12H,13H2,1H3,(H,30,31). The number of fused-ring (bicyclic) bond motifs is 1. The van der Waals surface area contributed by atoms with Gasteiger partial charge in [-0.3, -0.25) is 9.59 Å². The van der Waals surface area contributed by atoms with Gasteiger partial charge in [0.25, 0.3) is 11.7 Å². The summed E-state index contributed by atoms with van der Waals surface area (Å²) < 4.78 is 56.9. The molecular formula is C25H17ClF3NO5. The molecule has 0 aliphatic carbocycles. The van der Waals surface area contributed by atoms with E-state index < -0.39 is 35.6 Å². The molecule has 0 saturated heterocycles. The van der Waals surface area contributed by atoms with Crippen molar-refractivity contribution in [2.45, 2.75) is 13.1 Å². The number of carbonyl (C=O) groups is 1. The molecular weight excluding hydrogens is 487 g/mol. The third-order valence-electron chi connectivity index (χ3n) is 4.77. The van der Waals surface area contributed by atoms with Crippen LogP contribution in [0.1, 0.15) is 11.3 Å². The molecule has 0 bridgehead atoms. The normalized spacial score (nSPS) is 11.3. The van der Waals surface area contributed by atoms with E-state index in [9.17, 15) is 22.8 Å². The molecule has 4 rings (SSSR count). The lowest BCUT2D eigenvalue weighted by Gasteiger charge is -2.14. The highest BCUT2D eigenvalue weighted by Gasteiger charge is 2.40. The van der Waals surface area contributed by atoms with Crippen molar-refractivity contribution >= 4 is 34.2 Å². The van der Waals surface area contributed by atoms with Gasteiger partial charge in [-0.2, -0.15) is 13.2 Å². The van der Waals surface area contributed by atoms with Crippen LogP contribution >= 0.6 is 11.6 Å². The van der Waals surface area contributed by atoms with Crippen LogP contribution in [-0.4, -0.2) is 12.5 Å². The summed E-state index contributed by atoms with van der Waals surface area (Å²) >= 11 is 5.87. The van der Waals surface area contributed by atoms with Crippen molar-refractivity contribution in [3.8, 4) is 17.2 Å². The fourth-order valence-electron chi connectivity index (χ4n) is 3.23. The number of halogens is 4. The van der Waals surface area contributed by atoms with E-state index in [-0.39, 0.29) is 22.5 Å². The van der Waals surface area contributed by atoms with Gasteiger partial charge in [0.15, 0.2) is 6.61 Å². The predicted molar refractivity (Wildman–Crippen MR) is 124 cm³/mol. The number of rotatable bonds is 6. The first-order chi connectivity index (χ1) is 16.6. The monoisotopic (exact) mass is 503 g/mol. The Morgan fingerprint density at radius 1 is 1.03 bits per heavy atom. The average molecular weight is 504 g/mol. The van der Waals surface area contributed by atoms with Crippen LogP contribution in [0.5, 0.6) is 17.2 Å². The summed E-state index contributed by atoms with van der Waals surface area (Å²) in [6, 6.07) is 16.4. The first kappa shape index (κ1) is 24.2. The van der Waals surface area contributed by atoms with Gasteiger partial charge in [0.2, 0.25) is 11.2 Å². The third-order valence-corrected chi connectivity index (χ3v) is 5.00. The first-order valence-corrected chi connectivity index (χ1v) is 10.6. The van der Waals surface area contributed by atoms with Crippen LogP contribution in [0.2, 0.25) is 5.02 Å². The largest absolute Gasteiger partial charge is 0.484 e. The number of anilines is 1. The number of hydrogen-bond donors (Lipinski definition) is 1. The van der Waals surface area contributed by atoms with Gasteiger partial charge in [-0.05, 0) is 55.0 Å². The maximum atomic E-state index is 13.7. The van der Waals surface area contributed by atoms with Gasteiger partial charge < -0.3 is 19.2 Å². The molecule has 0 aliphatic rings. The van der Waals surface area contributed by atoms with Crippen LogP contribution in [0, 0.1) is 6.92 Å². The minimum absolute atomic E-state index is 0.0300. The summed E-state index contributed by atoms with van der Waals surface area (Å²) in [5.74, 6) is -2.97. The molecule has 0 fully saturated rings. The molecule has 1 heterocycles. The highest BCUT2D eigenvalue weighted by atomic mass is 35.5. The summed E-state index contributed by atoms with van der Waals surface area (Å²) in [5.41, 5.74) is -0.175. The number of carbonyl (C=O) groups excluding carboxylic acids is 1. The maximum absolute atomic E-state index is 13.7. The number of nitrogens with one attached hydrogen (secondary N) is 1. The van der Waals surface area contributed by atoms with Crippen molar-refractivity contribution < 1.29 is 31.9 Å². The quantitative estimate of drug-likeness (QED) is 0.321. The Morgan fingerprint density at radius 3 is 2.51 bits per heavy atom. The molecule has 35 heavy (non-hydrogen) atoms. The molecule has 4 aromatic rings. The Bertz CT molecular complexity index is 1470. The molecule has 0 saturated carbocycles. The van der Waals surface area contributed by atoms with Crippen molar-refractivity contribution in [1.82, 2.24) is 0 Å². The average Bonchev–Trinajstić information content (AvgIpc) is 2.78. The Labute approximate surface area is 201 Å². The number of hydrogen-bond acceptors (Lipinski definition) is 5. The van der Waals surface area contributed by atoms with E-state index in [4.69, 9.17) is 25.5 Å². The number of amides is 1. The van der Waals surface area contributed by atoms with Gasteiger partial charge in [-0.15, -0.1) is 0 Å². The molecule has 0 unspecified atom stereocenters. The molecule has 1 aromatic heterocycles. The number of alkyl halides is 3. The zero-order valence-corrected chi connectivity index (χ0v) is 18.9. The van der Waals surface area contributed by atoms with Gasteiger partial charge in [-0.1, -0.05) is 29.8 Å². The van der Waals surface area contributed by atoms with Crippen molar-refractivity contribution in [1.29, 1.82) is 0 Å². The van der Waals surface area contributed by atoms with Crippen molar-refractivity contribution in [3.05, 3.63) is 93.3 Å². The lowest BCUT2D eigenvalue weighted by atomic mass is 10.2. The van der Waals surface area contributed by atoms with E-state index in [1.807, 2.05) is 0 Å². The molecule has 0 spiro atoms. The maximum Gasteiger partial charge on any atom is 0.453 e. The van der Waals surface area contributed by atoms with E-state index in [0.717, 1.165) is 11.6 Å². The van der Waals surface area contributed by atoms with E-state index in [1.54, 1.807) is 43.3 Å². The lowest BCUT2D eigenvalue weighted by Crippen LogP contribution is -2.20. The fourth-order valence-corrected chi connectivity index (χ4v) is 3.42. The Balaban J connectivity index is 1.61. The molecule has 6 nitrogen and oxygen atoms in total. The molecule has 3 aromatic carbocycles. The molecule has 1 amide bonds. The van der Waals surface area contributed by atoms with E-state index >= 15 is 0 Å². The summed E-state index contributed by atoms with van der Waals surface area (Å²) in [6.45, 7) is 1.29. The van der Waals surface area contributed by atoms with Crippen molar-refractivity contribution in [2.24, 2.45) is 0 Å². The zero-order valence-electron chi connectivity index (χ0n) is 18.1. The lowest BCUT2D eigenvalue weighted by molar-refractivity contribution is -0.154. The molecule has 1 N–H and O–H groups in total. The van der Waals surface area contributed by atoms with Crippen LogP contribution < -0.4 is 20.2 Å². The number of ether oxygens (including phenoxy) is 2. The van der Waals surface area contributed by atoms with Gasteiger partial charge in [0, 0.05) is 16.8 Å². The van der Waals surface area contributed by atoms with E-state index in [2.05, 4.69) is 5.32 Å². The Kier molecular flexibility index (Phi) is 6.70. The van der Waals surface area contributed by atoms with Crippen LogP contribution in [-0.2, 0) is 11.0 Å². The summed E-state index contributed by atoms with van der Waals surface area (Å²) in [6.07, 6.45) is -5.00. The van der Waals surface area contributed by atoms with E-state index in [1.165, 1.54) is 24.3 Å².